The molecule has 18 heavy (non-hydrogen) atoms. The van der Waals surface area contributed by atoms with E-state index in [9.17, 15) is 0 Å². The number of hydrogen-bond donors (Lipinski definition) is 0. The largest absolute Gasteiger partial charge is 0.0843 e. The summed E-state index contributed by atoms with van der Waals surface area (Å²) in [6, 6.07) is 14.7. The van der Waals surface area contributed by atoms with E-state index >= 15 is 0 Å². The number of hydrogen-bond acceptors (Lipinski definition) is 0. The Bertz CT molecular complexity index is 582. The van der Waals surface area contributed by atoms with Gasteiger partial charge < -0.3 is 0 Å². The molecule has 0 aliphatic carbocycles. The van der Waals surface area contributed by atoms with Gasteiger partial charge in [0.1, 0.15) is 0 Å². The predicted molar refractivity (Wildman–Crippen MR) is 80.1 cm³/mol. The fourth-order valence-electron chi connectivity index (χ4n) is 2.13. The van der Waals surface area contributed by atoms with Crippen LogP contribution in [0.15, 0.2) is 49.0 Å². The van der Waals surface area contributed by atoms with Crippen LogP contribution in [0.4, 0.5) is 0 Å². The summed E-state index contributed by atoms with van der Waals surface area (Å²) in [6.45, 7) is 8.10. The molecule has 0 fully saturated rings. The Morgan fingerprint density at radius 2 is 1.78 bits per heavy atom. The molecule has 0 unspecified atom stereocenters. The monoisotopic (exact) mass is 256 g/mol. The molecule has 0 heterocycles. The zero-order chi connectivity index (χ0) is 13.1. The zero-order valence-corrected chi connectivity index (χ0v) is 11.6. The SMILES string of the molecule is C=C(Cl)c1ccccc1Cc1cc(C)ccc1C. The van der Waals surface area contributed by atoms with Crippen LogP contribution in [0.1, 0.15) is 27.8 Å². The quantitative estimate of drug-likeness (QED) is 0.716. The van der Waals surface area contributed by atoms with Gasteiger partial charge in [0, 0.05) is 5.03 Å². The lowest BCUT2D eigenvalue weighted by Crippen LogP contribution is -1.96. The van der Waals surface area contributed by atoms with Crippen molar-refractivity contribution in [2.24, 2.45) is 0 Å². The number of aryl methyl sites for hydroxylation is 2. The summed E-state index contributed by atoms with van der Waals surface area (Å²) in [4.78, 5) is 0. The first kappa shape index (κ1) is 12.9. The van der Waals surface area contributed by atoms with Crippen molar-refractivity contribution >= 4 is 16.6 Å². The van der Waals surface area contributed by atoms with E-state index in [1.54, 1.807) is 0 Å². The maximum atomic E-state index is 6.05. The van der Waals surface area contributed by atoms with Gasteiger partial charge in [-0.1, -0.05) is 66.2 Å². The summed E-state index contributed by atoms with van der Waals surface area (Å²) in [7, 11) is 0. The van der Waals surface area contributed by atoms with Gasteiger partial charge in [0.05, 0.1) is 0 Å². The molecular weight excluding hydrogens is 240 g/mol. The first-order chi connectivity index (χ1) is 8.58. The highest BCUT2D eigenvalue weighted by molar-refractivity contribution is 6.48. The molecule has 0 saturated carbocycles. The molecule has 0 aliphatic rings. The molecule has 2 aromatic carbocycles. The first-order valence-electron chi connectivity index (χ1n) is 6.07. The molecule has 0 radical (unpaired) electrons. The van der Waals surface area contributed by atoms with E-state index < -0.39 is 0 Å². The van der Waals surface area contributed by atoms with Gasteiger partial charge in [-0.05, 0) is 42.5 Å². The van der Waals surface area contributed by atoms with Crippen LogP contribution >= 0.6 is 11.6 Å². The predicted octanol–water partition coefficient (Wildman–Crippen LogP) is 5.10. The average molecular weight is 257 g/mol. The third-order valence-corrected chi connectivity index (χ3v) is 3.40. The van der Waals surface area contributed by atoms with Crippen molar-refractivity contribution < 1.29 is 0 Å². The molecule has 0 N–H and O–H groups in total. The smallest absolute Gasteiger partial charge is 0.0409 e. The van der Waals surface area contributed by atoms with Crippen LogP contribution in [-0.2, 0) is 6.42 Å². The third-order valence-electron chi connectivity index (χ3n) is 3.20. The summed E-state index contributed by atoms with van der Waals surface area (Å²) in [5, 5.41) is 0.607. The Labute approximate surface area is 114 Å². The van der Waals surface area contributed by atoms with Crippen LogP contribution in [0.2, 0.25) is 0 Å². The fourth-order valence-corrected chi connectivity index (χ4v) is 2.32. The number of benzene rings is 2. The molecule has 0 nitrogen and oxygen atoms in total. The van der Waals surface area contributed by atoms with Gasteiger partial charge in [-0.3, -0.25) is 0 Å². The third kappa shape index (κ3) is 2.83. The Balaban J connectivity index is 2.40. The van der Waals surface area contributed by atoms with E-state index in [1.807, 2.05) is 18.2 Å². The van der Waals surface area contributed by atoms with Crippen molar-refractivity contribution in [1.29, 1.82) is 0 Å². The summed E-state index contributed by atoms with van der Waals surface area (Å²) >= 11 is 6.05. The van der Waals surface area contributed by atoms with Gasteiger partial charge in [0.15, 0.2) is 0 Å². The van der Waals surface area contributed by atoms with Crippen LogP contribution in [0.5, 0.6) is 0 Å². The maximum absolute atomic E-state index is 6.05. The molecule has 2 aromatic rings. The molecule has 0 spiro atoms. The minimum atomic E-state index is 0.607. The molecule has 1 heteroatoms. The standard InChI is InChI=1S/C17H17Cl/c1-12-8-9-13(2)16(10-12)11-15-6-4-5-7-17(15)14(3)18/h4-10H,3,11H2,1-2H3. The molecule has 0 bridgehead atoms. The summed E-state index contributed by atoms with van der Waals surface area (Å²) < 4.78 is 0. The van der Waals surface area contributed by atoms with Crippen LogP contribution in [0.3, 0.4) is 0 Å². The second-order valence-corrected chi connectivity index (χ2v) is 5.13. The van der Waals surface area contributed by atoms with Crippen molar-refractivity contribution in [2.75, 3.05) is 0 Å². The zero-order valence-electron chi connectivity index (χ0n) is 10.8. The van der Waals surface area contributed by atoms with Crippen molar-refractivity contribution in [2.45, 2.75) is 20.3 Å². The van der Waals surface area contributed by atoms with Gasteiger partial charge in [-0.25, -0.2) is 0 Å². The molecule has 0 aromatic heterocycles. The number of halogens is 1. The summed E-state index contributed by atoms with van der Waals surface area (Å²) in [5.74, 6) is 0. The Morgan fingerprint density at radius 1 is 1.06 bits per heavy atom. The molecular formula is C17H17Cl. The van der Waals surface area contributed by atoms with Crippen molar-refractivity contribution in [3.05, 3.63) is 76.9 Å². The van der Waals surface area contributed by atoms with Gasteiger partial charge >= 0.3 is 0 Å². The van der Waals surface area contributed by atoms with Crippen molar-refractivity contribution in [3.8, 4) is 0 Å². The fraction of sp³-hybridized carbons (Fsp3) is 0.176. The van der Waals surface area contributed by atoms with E-state index in [0.717, 1.165) is 12.0 Å². The lowest BCUT2D eigenvalue weighted by atomic mass is 9.95. The van der Waals surface area contributed by atoms with Crippen LogP contribution < -0.4 is 0 Å². The molecule has 0 amide bonds. The van der Waals surface area contributed by atoms with Crippen LogP contribution in [-0.4, -0.2) is 0 Å². The van der Waals surface area contributed by atoms with E-state index in [0.29, 0.717) is 5.03 Å². The normalized spacial score (nSPS) is 10.4. The number of rotatable bonds is 3. The van der Waals surface area contributed by atoms with E-state index in [4.69, 9.17) is 11.6 Å². The lowest BCUT2D eigenvalue weighted by molar-refractivity contribution is 1.14. The van der Waals surface area contributed by atoms with Gasteiger partial charge in [0.25, 0.3) is 0 Å². The second kappa shape index (κ2) is 5.41. The Kier molecular flexibility index (Phi) is 3.88. The van der Waals surface area contributed by atoms with Crippen molar-refractivity contribution in [1.82, 2.24) is 0 Å². The van der Waals surface area contributed by atoms with Crippen LogP contribution in [0, 0.1) is 13.8 Å². The van der Waals surface area contributed by atoms with Crippen molar-refractivity contribution in [3.63, 3.8) is 0 Å². The molecule has 2 rings (SSSR count). The Morgan fingerprint density at radius 3 is 2.50 bits per heavy atom. The minimum absolute atomic E-state index is 0.607. The first-order valence-corrected chi connectivity index (χ1v) is 6.44. The maximum Gasteiger partial charge on any atom is 0.0409 e. The van der Waals surface area contributed by atoms with Gasteiger partial charge in [-0.2, -0.15) is 0 Å². The second-order valence-electron chi connectivity index (χ2n) is 4.67. The van der Waals surface area contributed by atoms with E-state index in [1.165, 1.54) is 22.3 Å². The average Bonchev–Trinajstić information content (AvgIpc) is 2.34. The highest BCUT2D eigenvalue weighted by Gasteiger charge is 2.06. The van der Waals surface area contributed by atoms with Crippen LogP contribution in [0.25, 0.3) is 5.03 Å². The van der Waals surface area contributed by atoms with Gasteiger partial charge in [0.2, 0.25) is 0 Å². The highest BCUT2D eigenvalue weighted by Crippen LogP contribution is 2.24. The van der Waals surface area contributed by atoms with E-state index in [-0.39, 0.29) is 0 Å². The van der Waals surface area contributed by atoms with E-state index in [2.05, 4.69) is 44.7 Å². The Hall–Kier alpha value is -1.53. The highest BCUT2D eigenvalue weighted by atomic mass is 35.5. The molecule has 0 aliphatic heterocycles. The summed E-state index contributed by atoms with van der Waals surface area (Å²) in [5.41, 5.74) is 6.22. The lowest BCUT2D eigenvalue weighted by Gasteiger charge is -2.11. The topological polar surface area (TPSA) is 0 Å². The molecule has 92 valence electrons. The molecule has 0 saturated heterocycles. The van der Waals surface area contributed by atoms with Gasteiger partial charge in [-0.15, -0.1) is 0 Å². The minimum Gasteiger partial charge on any atom is -0.0843 e. The molecule has 0 atom stereocenters. The summed E-state index contributed by atoms with van der Waals surface area (Å²) in [6.07, 6.45) is 0.898.